The summed E-state index contributed by atoms with van der Waals surface area (Å²) in [5.41, 5.74) is 6.98. The molecule has 1 unspecified atom stereocenters. The molecule has 0 aromatic heterocycles. The molecule has 1 heterocycles. The molecule has 0 saturated carbocycles. The predicted octanol–water partition coefficient (Wildman–Crippen LogP) is 2.46. The SMILES string of the molecule is CC(N)c1ccc(N2CCOC(C)(C)C2)c(F)c1. The molecule has 0 amide bonds. The van der Waals surface area contributed by atoms with Crippen molar-refractivity contribution in [3.8, 4) is 0 Å². The van der Waals surface area contributed by atoms with Gasteiger partial charge in [-0.15, -0.1) is 0 Å². The van der Waals surface area contributed by atoms with Crippen LogP contribution in [0.25, 0.3) is 0 Å². The fourth-order valence-electron chi connectivity index (χ4n) is 2.28. The van der Waals surface area contributed by atoms with Gasteiger partial charge in [0.2, 0.25) is 0 Å². The van der Waals surface area contributed by atoms with Gasteiger partial charge >= 0.3 is 0 Å². The van der Waals surface area contributed by atoms with E-state index in [1.165, 1.54) is 6.07 Å². The highest BCUT2D eigenvalue weighted by atomic mass is 19.1. The smallest absolute Gasteiger partial charge is 0.146 e. The first-order chi connectivity index (χ1) is 8.39. The summed E-state index contributed by atoms with van der Waals surface area (Å²) in [7, 11) is 0. The normalized spacial score (nSPS) is 20.8. The van der Waals surface area contributed by atoms with Crippen LogP contribution in [0.15, 0.2) is 18.2 Å². The summed E-state index contributed by atoms with van der Waals surface area (Å²) < 4.78 is 19.7. The van der Waals surface area contributed by atoms with Crippen LogP contribution in [0.2, 0.25) is 0 Å². The van der Waals surface area contributed by atoms with Crippen LogP contribution in [0.3, 0.4) is 0 Å². The van der Waals surface area contributed by atoms with Gasteiger partial charge in [0.1, 0.15) is 5.82 Å². The Kier molecular flexibility index (Phi) is 3.59. The van der Waals surface area contributed by atoms with E-state index in [4.69, 9.17) is 10.5 Å². The molecule has 1 saturated heterocycles. The summed E-state index contributed by atoms with van der Waals surface area (Å²) >= 11 is 0. The molecular formula is C14H21FN2O. The van der Waals surface area contributed by atoms with Crippen molar-refractivity contribution in [3.63, 3.8) is 0 Å². The third-order valence-electron chi connectivity index (χ3n) is 3.26. The summed E-state index contributed by atoms with van der Waals surface area (Å²) in [6.07, 6.45) is 0. The number of nitrogens with zero attached hydrogens (tertiary/aromatic N) is 1. The molecule has 2 N–H and O–H groups in total. The molecule has 0 aliphatic carbocycles. The van der Waals surface area contributed by atoms with Crippen LogP contribution in [0.5, 0.6) is 0 Å². The maximum Gasteiger partial charge on any atom is 0.146 e. The number of nitrogens with two attached hydrogens (primary N) is 1. The van der Waals surface area contributed by atoms with E-state index in [1.54, 1.807) is 0 Å². The van der Waals surface area contributed by atoms with Gasteiger partial charge in [-0.2, -0.15) is 0 Å². The number of anilines is 1. The minimum atomic E-state index is -0.232. The molecule has 18 heavy (non-hydrogen) atoms. The van der Waals surface area contributed by atoms with Gasteiger partial charge in [0.15, 0.2) is 0 Å². The monoisotopic (exact) mass is 252 g/mol. The number of hydrogen-bond donors (Lipinski definition) is 1. The molecule has 0 bridgehead atoms. The number of halogens is 1. The third-order valence-corrected chi connectivity index (χ3v) is 3.26. The first kappa shape index (κ1) is 13.3. The zero-order chi connectivity index (χ0) is 13.3. The Morgan fingerprint density at radius 3 is 2.72 bits per heavy atom. The molecule has 1 aromatic carbocycles. The van der Waals surface area contributed by atoms with Gasteiger partial charge in [0.25, 0.3) is 0 Å². The molecule has 4 heteroatoms. The highest BCUT2D eigenvalue weighted by molar-refractivity contribution is 5.50. The second-order valence-electron chi connectivity index (χ2n) is 5.53. The van der Waals surface area contributed by atoms with E-state index in [0.717, 1.165) is 12.1 Å². The van der Waals surface area contributed by atoms with Crippen LogP contribution in [0, 0.1) is 5.82 Å². The Morgan fingerprint density at radius 1 is 1.44 bits per heavy atom. The zero-order valence-electron chi connectivity index (χ0n) is 11.2. The summed E-state index contributed by atoms with van der Waals surface area (Å²) in [6.45, 7) is 7.94. The van der Waals surface area contributed by atoms with Gasteiger partial charge in [0.05, 0.1) is 17.9 Å². The van der Waals surface area contributed by atoms with Gasteiger partial charge in [-0.1, -0.05) is 6.07 Å². The van der Waals surface area contributed by atoms with E-state index in [-0.39, 0.29) is 17.5 Å². The van der Waals surface area contributed by atoms with E-state index >= 15 is 0 Å². The van der Waals surface area contributed by atoms with Crippen LogP contribution < -0.4 is 10.6 Å². The van der Waals surface area contributed by atoms with Gasteiger partial charge in [-0.3, -0.25) is 0 Å². The first-order valence-corrected chi connectivity index (χ1v) is 6.33. The largest absolute Gasteiger partial charge is 0.372 e. The molecule has 1 aromatic rings. The van der Waals surface area contributed by atoms with Crippen LogP contribution in [-0.2, 0) is 4.74 Å². The summed E-state index contributed by atoms with van der Waals surface area (Å²) in [5.74, 6) is -0.206. The van der Waals surface area contributed by atoms with Crippen LogP contribution in [0.1, 0.15) is 32.4 Å². The molecule has 3 nitrogen and oxygen atoms in total. The second-order valence-corrected chi connectivity index (χ2v) is 5.53. The fraction of sp³-hybridized carbons (Fsp3) is 0.571. The van der Waals surface area contributed by atoms with Crippen molar-refractivity contribution in [1.29, 1.82) is 0 Å². The Bertz CT molecular complexity index is 432. The van der Waals surface area contributed by atoms with Crippen molar-refractivity contribution >= 4 is 5.69 Å². The molecule has 0 radical (unpaired) electrons. The third kappa shape index (κ3) is 2.82. The summed E-state index contributed by atoms with van der Waals surface area (Å²) in [4.78, 5) is 2.03. The molecule has 1 atom stereocenters. The lowest BCUT2D eigenvalue weighted by Crippen LogP contribution is -2.48. The molecule has 1 aliphatic rings. The molecule has 2 rings (SSSR count). The van der Waals surface area contributed by atoms with Crippen LogP contribution in [-0.4, -0.2) is 25.3 Å². The van der Waals surface area contributed by atoms with Gasteiger partial charge in [-0.05, 0) is 38.5 Å². The molecule has 1 fully saturated rings. The minimum Gasteiger partial charge on any atom is -0.372 e. The van der Waals surface area contributed by atoms with E-state index in [9.17, 15) is 4.39 Å². The zero-order valence-corrected chi connectivity index (χ0v) is 11.2. The van der Waals surface area contributed by atoms with Crippen molar-refractivity contribution in [1.82, 2.24) is 0 Å². The van der Waals surface area contributed by atoms with Gasteiger partial charge < -0.3 is 15.4 Å². The standard InChI is InChI=1S/C14H21FN2O/c1-10(16)11-4-5-13(12(15)8-11)17-6-7-18-14(2,3)9-17/h4-5,8,10H,6-7,9,16H2,1-3H3. The fourth-order valence-corrected chi connectivity index (χ4v) is 2.28. The Morgan fingerprint density at radius 2 is 2.17 bits per heavy atom. The summed E-state index contributed by atoms with van der Waals surface area (Å²) in [5, 5.41) is 0. The summed E-state index contributed by atoms with van der Waals surface area (Å²) in [6, 6.07) is 5.10. The minimum absolute atomic E-state index is 0.144. The average molecular weight is 252 g/mol. The lowest BCUT2D eigenvalue weighted by Gasteiger charge is -2.39. The van der Waals surface area contributed by atoms with E-state index in [1.807, 2.05) is 37.8 Å². The number of hydrogen-bond acceptors (Lipinski definition) is 3. The lowest BCUT2D eigenvalue weighted by atomic mass is 10.0. The first-order valence-electron chi connectivity index (χ1n) is 6.33. The maximum atomic E-state index is 14.1. The molecular weight excluding hydrogens is 231 g/mol. The topological polar surface area (TPSA) is 38.5 Å². The Labute approximate surface area is 108 Å². The van der Waals surface area contributed by atoms with E-state index in [0.29, 0.717) is 18.8 Å². The number of rotatable bonds is 2. The van der Waals surface area contributed by atoms with E-state index < -0.39 is 0 Å². The van der Waals surface area contributed by atoms with Crippen molar-refractivity contribution in [2.45, 2.75) is 32.4 Å². The quantitative estimate of drug-likeness (QED) is 0.878. The van der Waals surface area contributed by atoms with Gasteiger partial charge in [-0.25, -0.2) is 4.39 Å². The van der Waals surface area contributed by atoms with Crippen molar-refractivity contribution < 1.29 is 9.13 Å². The van der Waals surface area contributed by atoms with Gasteiger partial charge in [0, 0.05) is 19.1 Å². The highest BCUT2D eigenvalue weighted by Crippen LogP contribution is 2.27. The highest BCUT2D eigenvalue weighted by Gasteiger charge is 2.28. The average Bonchev–Trinajstić information content (AvgIpc) is 2.27. The number of benzene rings is 1. The Balaban J connectivity index is 2.23. The van der Waals surface area contributed by atoms with Crippen LogP contribution >= 0.6 is 0 Å². The number of morpholine rings is 1. The molecule has 0 spiro atoms. The Hall–Kier alpha value is -1.13. The lowest BCUT2D eigenvalue weighted by molar-refractivity contribution is -0.0278. The molecule has 100 valence electrons. The second kappa shape index (κ2) is 4.86. The predicted molar refractivity (Wildman–Crippen MR) is 71.2 cm³/mol. The maximum absolute atomic E-state index is 14.1. The van der Waals surface area contributed by atoms with Crippen LogP contribution in [0.4, 0.5) is 10.1 Å². The molecule has 1 aliphatic heterocycles. The van der Waals surface area contributed by atoms with Crippen molar-refractivity contribution in [2.24, 2.45) is 5.73 Å². The van der Waals surface area contributed by atoms with E-state index in [2.05, 4.69) is 0 Å². The van der Waals surface area contributed by atoms with Crippen molar-refractivity contribution in [3.05, 3.63) is 29.6 Å². The van der Waals surface area contributed by atoms with Crippen molar-refractivity contribution in [2.75, 3.05) is 24.6 Å². The number of ether oxygens (including phenoxy) is 1.